The zero-order chi connectivity index (χ0) is 33.5. The highest BCUT2D eigenvalue weighted by atomic mass is 32.1. The summed E-state index contributed by atoms with van der Waals surface area (Å²) in [6.07, 6.45) is 0. The van der Waals surface area contributed by atoms with Crippen LogP contribution in [0.2, 0.25) is 0 Å². The second kappa shape index (κ2) is 11.0. The minimum Gasteiger partial charge on any atom is -0.309 e. The van der Waals surface area contributed by atoms with Crippen molar-refractivity contribution in [1.82, 2.24) is 9.13 Å². The fourth-order valence-electron chi connectivity index (χ4n) is 8.19. The number of thiophene rings is 1. The number of rotatable bonds is 4. The Labute approximate surface area is 298 Å². The van der Waals surface area contributed by atoms with E-state index in [0.29, 0.717) is 0 Å². The molecule has 0 radical (unpaired) electrons. The van der Waals surface area contributed by atoms with Gasteiger partial charge in [-0.3, -0.25) is 0 Å². The van der Waals surface area contributed by atoms with Crippen molar-refractivity contribution in [2.75, 3.05) is 0 Å². The van der Waals surface area contributed by atoms with Crippen LogP contribution in [-0.4, -0.2) is 9.13 Å². The highest BCUT2D eigenvalue weighted by molar-refractivity contribution is 7.26. The number of aromatic nitrogens is 2. The normalized spacial score (nSPS) is 11.9. The van der Waals surface area contributed by atoms with E-state index in [1.807, 2.05) is 11.3 Å². The van der Waals surface area contributed by atoms with Crippen LogP contribution in [0.4, 0.5) is 0 Å². The molecular formula is C48H30N2S. The fourth-order valence-corrected chi connectivity index (χ4v) is 9.47. The van der Waals surface area contributed by atoms with Gasteiger partial charge in [-0.15, -0.1) is 11.3 Å². The molecule has 0 aliphatic carbocycles. The van der Waals surface area contributed by atoms with Crippen molar-refractivity contribution < 1.29 is 0 Å². The molecule has 0 aliphatic heterocycles. The topological polar surface area (TPSA) is 9.86 Å². The lowest BCUT2D eigenvalue weighted by Gasteiger charge is -2.10. The number of fused-ring (bicyclic) bond motifs is 10. The molecule has 0 unspecified atom stereocenters. The molecule has 0 spiro atoms. The van der Waals surface area contributed by atoms with Crippen molar-refractivity contribution in [1.29, 1.82) is 0 Å². The van der Waals surface area contributed by atoms with Gasteiger partial charge >= 0.3 is 0 Å². The van der Waals surface area contributed by atoms with Crippen molar-refractivity contribution in [2.24, 2.45) is 0 Å². The molecule has 238 valence electrons. The van der Waals surface area contributed by atoms with Gasteiger partial charge in [-0.2, -0.15) is 0 Å². The molecule has 51 heavy (non-hydrogen) atoms. The van der Waals surface area contributed by atoms with Gasteiger partial charge in [-0.25, -0.2) is 0 Å². The van der Waals surface area contributed by atoms with Crippen LogP contribution < -0.4 is 0 Å². The van der Waals surface area contributed by atoms with E-state index < -0.39 is 0 Å². The molecular weight excluding hydrogens is 637 g/mol. The van der Waals surface area contributed by atoms with Gasteiger partial charge in [0.05, 0.1) is 22.1 Å². The van der Waals surface area contributed by atoms with Crippen molar-refractivity contribution >= 4 is 75.1 Å². The van der Waals surface area contributed by atoms with E-state index in [1.54, 1.807) is 0 Å². The Morgan fingerprint density at radius 1 is 0.314 bits per heavy atom. The third kappa shape index (κ3) is 4.29. The smallest absolute Gasteiger partial charge is 0.0555 e. The van der Waals surface area contributed by atoms with Crippen LogP contribution in [0, 0.1) is 0 Å². The maximum atomic E-state index is 2.45. The van der Waals surface area contributed by atoms with Crippen LogP contribution in [0.25, 0.3) is 97.4 Å². The summed E-state index contributed by atoms with van der Waals surface area (Å²) in [5, 5.41) is 7.78. The van der Waals surface area contributed by atoms with Crippen molar-refractivity contribution in [2.45, 2.75) is 0 Å². The molecule has 0 saturated heterocycles. The summed E-state index contributed by atoms with van der Waals surface area (Å²) in [5.41, 5.74) is 12.2. The van der Waals surface area contributed by atoms with Gasteiger partial charge in [0.15, 0.2) is 0 Å². The van der Waals surface area contributed by atoms with E-state index in [9.17, 15) is 0 Å². The molecule has 0 N–H and O–H groups in total. The van der Waals surface area contributed by atoms with Crippen LogP contribution in [-0.2, 0) is 0 Å². The summed E-state index contributed by atoms with van der Waals surface area (Å²) in [6, 6.07) is 66.4. The van der Waals surface area contributed by atoms with E-state index in [-0.39, 0.29) is 0 Å². The third-order valence-corrected chi connectivity index (χ3v) is 11.7. The summed E-state index contributed by atoms with van der Waals surface area (Å²) < 4.78 is 7.53. The van der Waals surface area contributed by atoms with E-state index in [4.69, 9.17) is 0 Å². The van der Waals surface area contributed by atoms with Gasteiger partial charge in [-0.05, 0) is 76.9 Å². The van der Waals surface area contributed by atoms with Crippen LogP contribution in [0.15, 0.2) is 182 Å². The number of benzene rings is 8. The molecule has 11 aromatic rings. The number of nitrogens with zero attached hydrogens (tertiary/aromatic N) is 2. The summed E-state index contributed by atoms with van der Waals surface area (Å²) >= 11 is 1.92. The summed E-state index contributed by atoms with van der Waals surface area (Å²) in [5.74, 6) is 0. The van der Waals surface area contributed by atoms with Crippen LogP contribution in [0.1, 0.15) is 0 Å². The minimum absolute atomic E-state index is 1.17. The van der Waals surface area contributed by atoms with Crippen LogP contribution in [0.5, 0.6) is 0 Å². The maximum absolute atomic E-state index is 2.45. The largest absolute Gasteiger partial charge is 0.309 e. The fraction of sp³-hybridized carbons (Fsp3) is 0. The minimum atomic E-state index is 1.17. The number of hydrogen-bond donors (Lipinski definition) is 0. The van der Waals surface area contributed by atoms with Gasteiger partial charge in [0.1, 0.15) is 0 Å². The highest BCUT2D eigenvalue weighted by Crippen LogP contribution is 2.46. The average Bonchev–Trinajstić information content (AvgIpc) is 3.85. The molecule has 0 fully saturated rings. The quantitative estimate of drug-likeness (QED) is 0.177. The van der Waals surface area contributed by atoms with Gasteiger partial charge in [0.2, 0.25) is 0 Å². The second-order valence-corrected chi connectivity index (χ2v) is 14.4. The monoisotopic (exact) mass is 666 g/mol. The van der Waals surface area contributed by atoms with E-state index in [0.717, 1.165) is 0 Å². The standard InChI is InChI=1S/C48H30N2S/c1-3-12-31(13-4-1)33-22-24-35(25-23-33)49-43-21-10-8-19-39(43)47-44(49)27-26-38-41-29-45-40(30-46(41)51-48(38)47)37-18-7-9-20-42(37)50(45)36-17-11-16-34(28-36)32-14-5-2-6-15-32/h1-30H. The molecule has 3 heterocycles. The molecule has 8 aromatic carbocycles. The second-order valence-electron chi connectivity index (χ2n) is 13.3. The Morgan fingerprint density at radius 2 is 0.922 bits per heavy atom. The summed E-state index contributed by atoms with van der Waals surface area (Å²) in [7, 11) is 0. The van der Waals surface area contributed by atoms with Gasteiger partial charge in [0, 0.05) is 53.1 Å². The highest BCUT2D eigenvalue weighted by Gasteiger charge is 2.20. The first kappa shape index (κ1) is 28.4. The van der Waals surface area contributed by atoms with E-state index in [2.05, 4.69) is 191 Å². The molecule has 11 rings (SSSR count). The molecule has 0 amide bonds. The summed E-state index contributed by atoms with van der Waals surface area (Å²) in [6.45, 7) is 0. The molecule has 3 aromatic heterocycles. The molecule has 0 saturated carbocycles. The predicted molar refractivity (Wildman–Crippen MR) is 219 cm³/mol. The first-order valence-corrected chi connectivity index (χ1v) is 18.3. The van der Waals surface area contributed by atoms with Crippen molar-refractivity contribution in [3.8, 4) is 33.6 Å². The Balaban J connectivity index is 1.15. The zero-order valence-corrected chi connectivity index (χ0v) is 28.4. The molecule has 3 heteroatoms. The maximum Gasteiger partial charge on any atom is 0.0555 e. The average molecular weight is 667 g/mol. The first-order valence-electron chi connectivity index (χ1n) is 17.4. The zero-order valence-electron chi connectivity index (χ0n) is 27.6. The van der Waals surface area contributed by atoms with Crippen molar-refractivity contribution in [3.05, 3.63) is 182 Å². The Bertz CT molecular complexity index is 3110. The van der Waals surface area contributed by atoms with Crippen LogP contribution in [0.3, 0.4) is 0 Å². The Kier molecular flexibility index (Phi) is 6.16. The van der Waals surface area contributed by atoms with Gasteiger partial charge < -0.3 is 9.13 Å². The summed E-state index contributed by atoms with van der Waals surface area (Å²) in [4.78, 5) is 0. The third-order valence-electron chi connectivity index (χ3n) is 10.5. The molecule has 2 nitrogen and oxygen atoms in total. The lowest BCUT2D eigenvalue weighted by molar-refractivity contribution is 1.18. The Hall–Kier alpha value is -6.42. The Morgan fingerprint density at radius 3 is 1.69 bits per heavy atom. The number of hydrogen-bond acceptors (Lipinski definition) is 1. The SMILES string of the molecule is c1ccc(-c2ccc(-n3c4ccccc4c4c5sc6cc7c8ccccc8n(-c8cccc(-c9ccccc9)c8)c7cc6c5ccc43)cc2)cc1. The lowest BCUT2D eigenvalue weighted by atomic mass is 10.0. The van der Waals surface area contributed by atoms with Gasteiger partial charge in [-0.1, -0.05) is 127 Å². The molecule has 0 bridgehead atoms. The first-order chi connectivity index (χ1) is 25.3. The van der Waals surface area contributed by atoms with Crippen molar-refractivity contribution in [3.63, 3.8) is 0 Å². The van der Waals surface area contributed by atoms with Crippen LogP contribution >= 0.6 is 11.3 Å². The van der Waals surface area contributed by atoms with Gasteiger partial charge in [0.25, 0.3) is 0 Å². The predicted octanol–water partition coefficient (Wildman–Crippen LogP) is 13.6. The number of para-hydroxylation sites is 2. The molecule has 0 aliphatic rings. The van der Waals surface area contributed by atoms with E-state index in [1.165, 1.54) is 97.4 Å². The van der Waals surface area contributed by atoms with E-state index >= 15 is 0 Å². The molecule has 0 atom stereocenters. The lowest BCUT2D eigenvalue weighted by Crippen LogP contribution is -1.94.